The summed E-state index contributed by atoms with van der Waals surface area (Å²) in [6.07, 6.45) is 3.79. The van der Waals surface area contributed by atoms with Crippen LogP contribution < -0.4 is 4.72 Å². The summed E-state index contributed by atoms with van der Waals surface area (Å²) in [5, 5.41) is 0. The van der Waals surface area contributed by atoms with Crippen molar-refractivity contribution in [1.82, 2.24) is 4.72 Å². The van der Waals surface area contributed by atoms with Crippen LogP contribution in [0.15, 0.2) is 0 Å². The fourth-order valence-corrected chi connectivity index (χ4v) is 4.16. The van der Waals surface area contributed by atoms with Crippen molar-refractivity contribution in [3.05, 3.63) is 0 Å². The number of hydrogen-bond donors (Lipinski definition) is 1. The number of rotatable bonds is 6. The minimum absolute atomic E-state index is 0.0124. The molecule has 0 aromatic carbocycles. The summed E-state index contributed by atoms with van der Waals surface area (Å²) in [7, 11) is -3.78. The van der Waals surface area contributed by atoms with Gasteiger partial charge >= 0.3 is 16.3 Å². The van der Waals surface area contributed by atoms with Crippen LogP contribution >= 0.6 is 15.9 Å². The highest BCUT2D eigenvalue weighted by atomic mass is 79.9. The van der Waals surface area contributed by atoms with Crippen molar-refractivity contribution in [2.45, 2.75) is 62.9 Å². The van der Waals surface area contributed by atoms with E-state index >= 15 is 0 Å². The Kier molecular flexibility index (Phi) is 7.42. The Bertz CT molecular complexity index is 414. The van der Waals surface area contributed by atoms with Crippen molar-refractivity contribution >= 4 is 32.2 Å². The molecule has 8 heteroatoms. The quantitative estimate of drug-likeness (QED) is 0.437. The second kappa shape index (κ2) is 8.31. The van der Waals surface area contributed by atoms with Crippen molar-refractivity contribution in [1.29, 1.82) is 0 Å². The van der Waals surface area contributed by atoms with Gasteiger partial charge in [0.25, 0.3) is 0 Å². The zero-order valence-electron chi connectivity index (χ0n) is 11.8. The fourth-order valence-electron chi connectivity index (χ4n) is 2.15. The zero-order chi connectivity index (χ0) is 15.2. The second-order valence-electron chi connectivity index (χ2n) is 4.87. The van der Waals surface area contributed by atoms with E-state index in [1.165, 1.54) is 6.92 Å². The number of ether oxygens (including phenoxy) is 1. The van der Waals surface area contributed by atoms with Crippen LogP contribution in [0, 0.1) is 0 Å². The number of esters is 1. The first-order valence-corrected chi connectivity index (χ1v) is 9.16. The van der Waals surface area contributed by atoms with E-state index in [1.54, 1.807) is 0 Å². The maximum atomic E-state index is 11.7. The van der Waals surface area contributed by atoms with Gasteiger partial charge in [0.2, 0.25) is 0 Å². The molecule has 3 atom stereocenters. The van der Waals surface area contributed by atoms with Gasteiger partial charge in [0.1, 0.15) is 6.10 Å². The number of halogens is 1. The first-order chi connectivity index (χ1) is 9.35. The minimum atomic E-state index is -3.78. The Hall–Kier alpha value is -0.180. The zero-order valence-corrected chi connectivity index (χ0v) is 14.2. The molecule has 118 valence electrons. The highest BCUT2D eigenvalue weighted by Crippen LogP contribution is 2.23. The Labute approximate surface area is 129 Å². The molecule has 20 heavy (non-hydrogen) atoms. The normalized spacial score (nSPS) is 27.6. The third-order valence-corrected chi connectivity index (χ3v) is 5.18. The molecule has 1 aliphatic rings. The number of carbonyl (C=O) groups is 1. The van der Waals surface area contributed by atoms with Gasteiger partial charge in [-0.2, -0.15) is 13.1 Å². The van der Waals surface area contributed by atoms with Crippen LogP contribution in [0.3, 0.4) is 0 Å². The van der Waals surface area contributed by atoms with E-state index in [-0.39, 0.29) is 11.4 Å². The van der Waals surface area contributed by atoms with Gasteiger partial charge in [-0.05, 0) is 6.42 Å². The maximum absolute atomic E-state index is 11.7. The molecule has 0 bridgehead atoms. The number of carbonyl (C=O) groups excluding carboxylic acids is 1. The smallest absolute Gasteiger partial charge is 0.336 e. The largest absolute Gasteiger partial charge is 0.461 e. The SMILES string of the molecule is CCCCC[C@H](Br)C1NS(=O)(=O)OCC[C@H]1OC(C)=O. The lowest BCUT2D eigenvalue weighted by Gasteiger charge is -2.28. The molecule has 1 N–H and O–H groups in total. The molecule has 0 saturated carbocycles. The number of hydrogen-bond acceptors (Lipinski definition) is 5. The molecule has 1 unspecified atom stereocenters. The average molecular weight is 372 g/mol. The maximum Gasteiger partial charge on any atom is 0.336 e. The van der Waals surface area contributed by atoms with Gasteiger partial charge in [-0.25, -0.2) is 0 Å². The topological polar surface area (TPSA) is 81.7 Å². The van der Waals surface area contributed by atoms with Gasteiger partial charge in [0.15, 0.2) is 0 Å². The van der Waals surface area contributed by atoms with Crippen LogP contribution in [-0.2, 0) is 24.0 Å². The summed E-state index contributed by atoms with van der Waals surface area (Å²) in [5.41, 5.74) is 0. The van der Waals surface area contributed by atoms with E-state index in [0.29, 0.717) is 6.42 Å². The van der Waals surface area contributed by atoms with Crippen LogP contribution in [0.5, 0.6) is 0 Å². The molecule has 0 aliphatic carbocycles. The lowest BCUT2D eigenvalue weighted by molar-refractivity contribution is -0.147. The second-order valence-corrected chi connectivity index (χ2v) is 7.42. The summed E-state index contributed by atoms with van der Waals surface area (Å²) < 4.78 is 35.8. The molecule has 0 aromatic heterocycles. The Morgan fingerprint density at radius 2 is 2.20 bits per heavy atom. The lowest BCUT2D eigenvalue weighted by atomic mass is 10.0. The minimum Gasteiger partial charge on any atom is -0.461 e. The Morgan fingerprint density at radius 1 is 1.50 bits per heavy atom. The van der Waals surface area contributed by atoms with Gasteiger partial charge in [0.05, 0.1) is 12.6 Å². The molecular weight excluding hydrogens is 350 g/mol. The molecule has 1 fully saturated rings. The highest BCUT2D eigenvalue weighted by molar-refractivity contribution is 9.09. The monoisotopic (exact) mass is 371 g/mol. The highest BCUT2D eigenvalue weighted by Gasteiger charge is 2.36. The van der Waals surface area contributed by atoms with Crippen LogP contribution in [0.25, 0.3) is 0 Å². The molecule has 0 amide bonds. The predicted octanol–water partition coefficient (Wildman–Crippen LogP) is 1.89. The molecule has 0 radical (unpaired) electrons. The van der Waals surface area contributed by atoms with Crippen molar-refractivity contribution in [3.63, 3.8) is 0 Å². The average Bonchev–Trinajstić information content (AvgIpc) is 2.48. The summed E-state index contributed by atoms with van der Waals surface area (Å²) in [4.78, 5) is 11.1. The van der Waals surface area contributed by atoms with E-state index in [1.807, 2.05) is 0 Å². The molecule has 0 spiro atoms. The molecule has 1 saturated heterocycles. The lowest BCUT2D eigenvalue weighted by Crippen LogP contribution is -2.48. The first-order valence-electron chi connectivity index (χ1n) is 6.83. The van der Waals surface area contributed by atoms with Gasteiger partial charge in [0, 0.05) is 18.2 Å². The third-order valence-electron chi connectivity index (χ3n) is 3.11. The van der Waals surface area contributed by atoms with Gasteiger partial charge < -0.3 is 4.74 Å². The Morgan fingerprint density at radius 3 is 2.80 bits per heavy atom. The van der Waals surface area contributed by atoms with Crippen molar-refractivity contribution in [2.75, 3.05) is 6.61 Å². The van der Waals surface area contributed by atoms with E-state index in [0.717, 1.165) is 25.7 Å². The van der Waals surface area contributed by atoms with Crippen LogP contribution in [0.2, 0.25) is 0 Å². The summed E-state index contributed by atoms with van der Waals surface area (Å²) in [6.45, 7) is 3.43. The summed E-state index contributed by atoms with van der Waals surface area (Å²) in [5.74, 6) is -0.422. The van der Waals surface area contributed by atoms with E-state index in [2.05, 4.69) is 27.6 Å². The van der Waals surface area contributed by atoms with Crippen molar-refractivity contribution in [2.24, 2.45) is 0 Å². The van der Waals surface area contributed by atoms with Gasteiger partial charge in [-0.3, -0.25) is 8.98 Å². The van der Waals surface area contributed by atoms with Crippen molar-refractivity contribution in [3.8, 4) is 0 Å². The van der Waals surface area contributed by atoms with Crippen LogP contribution in [0.4, 0.5) is 0 Å². The number of unbranched alkanes of at least 4 members (excludes halogenated alkanes) is 2. The molecule has 6 nitrogen and oxygen atoms in total. The predicted molar refractivity (Wildman–Crippen MR) is 78.8 cm³/mol. The summed E-state index contributed by atoms with van der Waals surface area (Å²) in [6, 6.07) is -0.511. The van der Waals surface area contributed by atoms with E-state index in [4.69, 9.17) is 8.92 Å². The van der Waals surface area contributed by atoms with Gasteiger partial charge in [-0.15, -0.1) is 0 Å². The Balaban J connectivity index is 2.77. The summed E-state index contributed by atoms with van der Waals surface area (Å²) >= 11 is 3.51. The first kappa shape index (κ1) is 17.9. The molecule has 0 aromatic rings. The molecule has 1 heterocycles. The van der Waals surface area contributed by atoms with Crippen LogP contribution in [0.1, 0.15) is 46.0 Å². The molecule has 1 rings (SSSR count). The fraction of sp³-hybridized carbons (Fsp3) is 0.917. The van der Waals surface area contributed by atoms with Crippen LogP contribution in [-0.4, -0.2) is 38.0 Å². The van der Waals surface area contributed by atoms with Gasteiger partial charge in [-0.1, -0.05) is 42.1 Å². The molecular formula is C12H22BrNO5S. The number of alkyl halides is 1. The third kappa shape index (κ3) is 6.07. The van der Waals surface area contributed by atoms with E-state index < -0.39 is 28.4 Å². The molecule has 1 aliphatic heterocycles. The van der Waals surface area contributed by atoms with Crippen molar-refractivity contribution < 1.29 is 22.1 Å². The number of nitrogens with one attached hydrogen (secondary N) is 1. The standard InChI is InChI=1S/C12H22BrNO5S/c1-3-4-5-6-10(13)12-11(19-9(2)15)7-8-18-20(16,17)14-12/h10-12,14H,3-8H2,1-2H3/t10-,11+,12?/m0/s1. The van der Waals surface area contributed by atoms with E-state index in [9.17, 15) is 13.2 Å².